The number of sulfonamides is 1. The molecule has 7 nitrogen and oxygen atoms in total. The predicted molar refractivity (Wildman–Crippen MR) is 112 cm³/mol. The maximum absolute atomic E-state index is 12.7. The van der Waals surface area contributed by atoms with Gasteiger partial charge in [-0.25, -0.2) is 13.4 Å². The van der Waals surface area contributed by atoms with E-state index in [0.29, 0.717) is 37.7 Å². The molecule has 1 saturated heterocycles. The Labute approximate surface area is 178 Å². The molecule has 1 aliphatic rings. The third-order valence-corrected chi connectivity index (χ3v) is 5.23. The number of alkyl halides is 3. The zero-order chi connectivity index (χ0) is 22.6. The van der Waals surface area contributed by atoms with E-state index in [9.17, 15) is 26.4 Å². The lowest BCUT2D eigenvalue weighted by molar-refractivity contribution is -0.137. The summed E-state index contributed by atoms with van der Waals surface area (Å²) in [5.74, 6) is 0.261. The minimum Gasteiger partial charge on any atom is -0.353 e. The molecular weight excluding hydrogens is 433 g/mol. The Morgan fingerprint density at radius 2 is 1.71 bits per heavy atom. The lowest BCUT2D eigenvalue weighted by Crippen LogP contribution is -2.48. The minimum absolute atomic E-state index is 0.182. The molecule has 1 aromatic carbocycles. The molecule has 166 valence electrons. The maximum atomic E-state index is 12.7. The van der Waals surface area contributed by atoms with Crippen LogP contribution in [-0.2, 0) is 21.0 Å². The highest BCUT2D eigenvalue weighted by Gasteiger charge is 2.31. The van der Waals surface area contributed by atoms with Crippen LogP contribution >= 0.6 is 0 Å². The second-order valence-electron chi connectivity index (χ2n) is 7.04. The number of hydrogen-bond donors (Lipinski definition) is 1. The van der Waals surface area contributed by atoms with Crippen molar-refractivity contribution in [3.8, 4) is 0 Å². The van der Waals surface area contributed by atoms with E-state index in [2.05, 4.69) is 9.71 Å². The van der Waals surface area contributed by atoms with Crippen molar-refractivity contribution in [2.24, 2.45) is 0 Å². The van der Waals surface area contributed by atoms with Gasteiger partial charge in [0.05, 0.1) is 11.8 Å². The number of amides is 1. The van der Waals surface area contributed by atoms with Gasteiger partial charge in [-0.1, -0.05) is 12.1 Å². The average molecular weight is 454 g/mol. The number of aromatic nitrogens is 1. The lowest BCUT2D eigenvalue weighted by Gasteiger charge is -2.35. The van der Waals surface area contributed by atoms with Crippen molar-refractivity contribution in [1.82, 2.24) is 9.88 Å². The Bertz CT molecular complexity index is 1040. The Kier molecular flexibility index (Phi) is 6.54. The number of anilines is 2. The van der Waals surface area contributed by atoms with Crippen molar-refractivity contribution in [3.05, 3.63) is 59.8 Å². The van der Waals surface area contributed by atoms with Gasteiger partial charge in [-0.3, -0.25) is 9.52 Å². The smallest absolute Gasteiger partial charge is 0.353 e. The molecule has 11 heteroatoms. The molecular formula is C20H21F3N4O3S. The topological polar surface area (TPSA) is 82.6 Å². The highest BCUT2D eigenvalue weighted by Crippen LogP contribution is 2.29. The highest BCUT2D eigenvalue weighted by atomic mass is 32.2. The molecule has 1 aliphatic heterocycles. The van der Waals surface area contributed by atoms with Crippen LogP contribution in [0.4, 0.5) is 24.7 Å². The molecule has 1 fully saturated rings. The summed E-state index contributed by atoms with van der Waals surface area (Å²) in [7, 11) is -3.35. The van der Waals surface area contributed by atoms with Crippen LogP contribution in [0.1, 0.15) is 11.1 Å². The Hall–Kier alpha value is -3.08. The number of nitrogens with zero attached hydrogens (tertiary/aromatic N) is 3. The molecule has 2 heterocycles. The molecule has 0 bridgehead atoms. The summed E-state index contributed by atoms with van der Waals surface area (Å²) >= 11 is 0. The number of carbonyl (C=O) groups excluding carboxylic acids is 1. The molecule has 3 rings (SSSR count). The standard InChI is InChI=1S/C20H21F3N4O3S/c1-31(29,30)25-17-6-2-15(3-7-17)4-9-19(28)27-12-10-26(11-13-27)18-8-5-16(14-24-18)20(21,22)23/h2-9,14,25H,10-13H2,1H3/b9-4+. The van der Waals surface area contributed by atoms with Gasteiger partial charge in [-0.15, -0.1) is 0 Å². The fraction of sp³-hybridized carbons (Fsp3) is 0.300. The Morgan fingerprint density at radius 3 is 2.23 bits per heavy atom. The Balaban J connectivity index is 1.53. The van der Waals surface area contributed by atoms with E-state index in [-0.39, 0.29) is 5.91 Å². The van der Waals surface area contributed by atoms with Gasteiger partial charge in [-0.2, -0.15) is 13.2 Å². The summed E-state index contributed by atoms with van der Waals surface area (Å²) < 4.78 is 62.7. The monoisotopic (exact) mass is 454 g/mol. The van der Waals surface area contributed by atoms with Crippen molar-refractivity contribution in [2.45, 2.75) is 6.18 Å². The zero-order valence-electron chi connectivity index (χ0n) is 16.6. The van der Waals surface area contributed by atoms with E-state index in [4.69, 9.17) is 0 Å². The zero-order valence-corrected chi connectivity index (χ0v) is 17.4. The van der Waals surface area contributed by atoms with E-state index in [1.165, 1.54) is 12.1 Å². The molecule has 0 unspecified atom stereocenters. The van der Waals surface area contributed by atoms with Crippen molar-refractivity contribution < 1.29 is 26.4 Å². The summed E-state index contributed by atoms with van der Waals surface area (Å²) in [5.41, 5.74) is 0.370. The number of rotatable bonds is 5. The molecule has 0 spiro atoms. The molecule has 0 radical (unpaired) electrons. The first-order valence-corrected chi connectivity index (χ1v) is 11.2. The normalized spacial score (nSPS) is 15.4. The van der Waals surface area contributed by atoms with Crippen LogP contribution in [-0.4, -0.2) is 56.6 Å². The summed E-state index contributed by atoms with van der Waals surface area (Å²) in [6.07, 6.45) is 0.522. The molecule has 1 amide bonds. The fourth-order valence-electron chi connectivity index (χ4n) is 3.05. The van der Waals surface area contributed by atoms with Crippen LogP contribution in [0.3, 0.4) is 0 Å². The number of halogens is 3. The summed E-state index contributed by atoms with van der Waals surface area (Å²) in [6.45, 7) is 1.76. The van der Waals surface area contributed by atoms with E-state index in [1.807, 2.05) is 4.90 Å². The van der Waals surface area contributed by atoms with Crippen LogP contribution in [0.2, 0.25) is 0 Å². The maximum Gasteiger partial charge on any atom is 0.417 e. The quantitative estimate of drug-likeness (QED) is 0.703. The van der Waals surface area contributed by atoms with Crippen molar-refractivity contribution in [1.29, 1.82) is 0 Å². The number of pyridine rings is 1. The minimum atomic E-state index is -4.42. The lowest BCUT2D eigenvalue weighted by atomic mass is 10.2. The van der Waals surface area contributed by atoms with Gasteiger partial charge in [0, 0.05) is 44.1 Å². The molecule has 0 saturated carbocycles. The van der Waals surface area contributed by atoms with E-state index in [1.54, 1.807) is 35.2 Å². The van der Waals surface area contributed by atoms with E-state index in [0.717, 1.165) is 24.1 Å². The van der Waals surface area contributed by atoms with Crippen LogP contribution < -0.4 is 9.62 Å². The van der Waals surface area contributed by atoms with Crippen LogP contribution in [0.25, 0.3) is 6.08 Å². The fourth-order valence-corrected chi connectivity index (χ4v) is 3.61. The van der Waals surface area contributed by atoms with Gasteiger partial charge in [0.25, 0.3) is 0 Å². The van der Waals surface area contributed by atoms with Crippen molar-refractivity contribution in [2.75, 3.05) is 42.1 Å². The molecule has 0 atom stereocenters. The van der Waals surface area contributed by atoms with Gasteiger partial charge in [0.1, 0.15) is 5.82 Å². The van der Waals surface area contributed by atoms with E-state index < -0.39 is 21.8 Å². The predicted octanol–water partition coefficient (Wildman–Crippen LogP) is 2.83. The summed E-state index contributed by atoms with van der Waals surface area (Å²) in [5, 5.41) is 0. The number of nitrogens with one attached hydrogen (secondary N) is 1. The third-order valence-electron chi connectivity index (χ3n) is 4.62. The number of piperazine rings is 1. The second kappa shape index (κ2) is 8.96. The van der Waals surface area contributed by atoms with E-state index >= 15 is 0 Å². The third kappa shape index (κ3) is 6.45. The van der Waals surface area contributed by atoms with Crippen molar-refractivity contribution in [3.63, 3.8) is 0 Å². The number of benzene rings is 1. The summed E-state index contributed by atoms with van der Waals surface area (Å²) in [6, 6.07) is 8.90. The van der Waals surface area contributed by atoms with Crippen LogP contribution in [0, 0.1) is 0 Å². The summed E-state index contributed by atoms with van der Waals surface area (Å²) in [4.78, 5) is 19.8. The SMILES string of the molecule is CS(=O)(=O)Nc1ccc(/C=C/C(=O)N2CCN(c3ccc(C(F)(F)F)cn3)CC2)cc1. The first kappa shape index (κ1) is 22.6. The Morgan fingerprint density at radius 1 is 1.06 bits per heavy atom. The van der Waals surface area contributed by atoms with Gasteiger partial charge in [0.2, 0.25) is 15.9 Å². The van der Waals surface area contributed by atoms with Gasteiger partial charge in [-0.05, 0) is 35.9 Å². The average Bonchev–Trinajstić information content (AvgIpc) is 2.71. The highest BCUT2D eigenvalue weighted by molar-refractivity contribution is 7.92. The molecule has 31 heavy (non-hydrogen) atoms. The van der Waals surface area contributed by atoms with Gasteiger partial charge in [0.15, 0.2) is 0 Å². The number of carbonyl (C=O) groups is 1. The first-order chi connectivity index (χ1) is 14.5. The molecule has 1 aromatic heterocycles. The van der Waals surface area contributed by atoms with Gasteiger partial charge >= 0.3 is 6.18 Å². The van der Waals surface area contributed by atoms with Crippen molar-refractivity contribution >= 4 is 33.5 Å². The molecule has 0 aliphatic carbocycles. The van der Waals surface area contributed by atoms with Crippen LogP contribution in [0.15, 0.2) is 48.7 Å². The van der Waals surface area contributed by atoms with Gasteiger partial charge < -0.3 is 9.80 Å². The van der Waals surface area contributed by atoms with Crippen LogP contribution in [0.5, 0.6) is 0 Å². The number of hydrogen-bond acceptors (Lipinski definition) is 5. The first-order valence-electron chi connectivity index (χ1n) is 9.34. The molecule has 2 aromatic rings. The largest absolute Gasteiger partial charge is 0.417 e. The molecule has 1 N–H and O–H groups in total. The second-order valence-corrected chi connectivity index (χ2v) is 8.79.